The van der Waals surface area contributed by atoms with Crippen molar-refractivity contribution in [1.29, 1.82) is 0 Å². The first-order valence-corrected chi connectivity index (χ1v) is 9.33. The fourth-order valence-electron chi connectivity index (χ4n) is 2.61. The molecule has 0 aromatic heterocycles. The molecule has 1 atom stereocenters. The summed E-state index contributed by atoms with van der Waals surface area (Å²) in [5.74, 6) is 0.347. The lowest BCUT2D eigenvalue weighted by Crippen LogP contribution is -2.51. The van der Waals surface area contributed by atoms with Crippen LogP contribution in [0.1, 0.15) is 13.8 Å². The Morgan fingerprint density at radius 2 is 2.00 bits per heavy atom. The molecule has 0 saturated carbocycles. The summed E-state index contributed by atoms with van der Waals surface area (Å²) in [5.41, 5.74) is 0. The third-order valence-electron chi connectivity index (χ3n) is 3.87. The molecule has 1 aromatic carbocycles. The fraction of sp³-hybridized carbons (Fsp3) is 0.600. The molecule has 124 valence electrons. The van der Waals surface area contributed by atoms with Gasteiger partial charge in [0, 0.05) is 30.7 Å². The van der Waals surface area contributed by atoms with Crippen molar-refractivity contribution >= 4 is 21.6 Å². The van der Waals surface area contributed by atoms with Crippen molar-refractivity contribution in [2.24, 2.45) is 5.92 Å². The van der Waals surface area contributed by atoms with E-state index in [1.807, 2.05) is 0 Å². The highest BCUT2D eigenvalue weighted by Gasteiger charge is 2.25. The zero-order chi connectivity index (χ0) is 16.2. The summed E-state index contributed by atoms with van der Waals surface area (Å²) < 4.78 is 32.8. The van der Waals surface area contributed by atoms with E-state index >= 15 is 0 Å². The summed E-state index contributed by atoms with van der Waals surface area (Å²) in [6.07, 6.45) is 0. The van der Waals surface area contributed by atoms with Gasteiger partial charge in [0.2, 0.25) is 10.0 Å². The highest BCUT2D eigenvalue weighted by molar-refractivity contribution is 7.89. The van der Waals surface area contributed by atoms with Crippen molar-refractivity contribution in [2.75, 3.05) is 32.8 Å². The maximum Gasteiger partial charge on any atom is 0.240 e. The molecule has 5 nitrogen and oxygen atoms in total. The van der Waals surface area contributed by atoms with Crippen LogP contribution in [0.2, 0.25) is 5.02 Å². The fourth-order valence-corrected chi connectivity index (χ4v) is 3.96. The number of hydrogen-bond donors (Lipinski definition) is 1. The average molecular weight is 347 g/mol. The lowest BCUT2D eigenvalue weighted by Gasteiger charge is -2.36. The third kappa shape index (κ3) is 4.67. The molecule has 0 aliphatic carbocycles. The topological polar surface area (TPSA) is 58.6 Å². The van der Waals surface area contributed by atoms with Crippen molar-refractivity contribution in [2.45, 2.75) is 24.8 Å². The standard InChI is InChI=1S/C15H23ClN2O3S/c1-12(2)15(18-6-8-21-9-7-18)11-17-22(19,20)14-5-3-4-13(16)10-14/h3-5,10,12,15,17H,6-9,11H2,1-2H3/t15-/m0/s1. The SMILES string of the molecule is CC(C)[C@H](CNS(=O)(=O)c1cccc(Cl)c1)N1CCOCC1. The lowest BCUT2D eigenvalue weighted by atomic mass is 10.0. The Balaban J connectivity index is 2.05. The van der Waals surface area contributed by atoms with E-state index in [1.54, 1.807) is 18.2 Å². The van der Waals surface area contributed by atoms with E-state index in [4.69, 9.17) is 16.3 Å². The summed E-state index contributed by atoms with van der Waals surface area (Å²) in [5, 5.41) is 0.413. The number of nitrogens with one attached hydrogen (secondary N) is 1. The van der Waals surface area contributed by atoms with E-state index < -0.39 is 10.0 Å². The van der Waals surface area contributed by atoms with Crippen LogP contribution in [-0.4, -0.2) is 52.2 Å². The number of benzene rings is 1. The first-order valence-electron chi connectivity index (χ1n) is 7.47. The molecule has 0 radical (unpaired) electrons. The minimum absolute atomic E-state index is 0.151. The van der Waals surface area contributed by atoms with Crippen LogP contribution < -0.4 is 4.72 Å². The molecule has 0 unspecified atom stereocenters. The van der Waals surface area contributed by atoms with E-state index in [2.05, 4.69) is 23.5 Å². The molecule has 1 aliphatic rings. The Labute approximate surface area is 137 Å². The van der Waals surface area contributed by atoms with Crippen molar-refractivity contribution in [3.63, 3.8) is 0 Å². The number of hydrogen-bond acceptors (Lipinski definition) is 4. The van der Waals surface area contributed by atoms with Crippen molar-refractivity contribution in [1.82, 2.24) is 9.62 Å². The molecular weight excluding hydrogens is 324 g/mol. The molecular formula is C15H23ClN2O3S. The van der Waals surface area contributed by atoms with Crippen LogP contribution in [0.4, 0.5) is 0 Å². The Hall–Kier alpha value is -0.660. The normalized spacial score (nSPS) is 18.5. The molecule has 0 amide bonds. The Bertz CT molecular complexity index is 586. The van der Waals surface area contributed by atoms with Crippen LogP contribution in [-0.2, 0) is 14.8 Å². The van der Waals surface area contributed by atoms with Crippen LogP contribution in [0, 0.1) is 5.92 Å². The van der Waals surface area contributed by atoms with Gasteiger partial charge in [-0.25, -0.2) is 13.1 Å². The molecule has 1 heterocycles. The second-order valence-electron chi connectivity index (χ2n) is 5.77. The van der Waals surface area contributed by atoms with E-state index in [1.165, 1.54) is 6.07 Å². The third-order valence-corrected chi connectivity index (χ3v) is 5.53. The molecule has 0 spiro atoms. The largest absolute Gasteiger partial charge is 0.379 e. The second kappa shape index (κ2) is 7.75. The molecule has 1 aromatic rings. The van der Waals surface area contributed by atoms with Gasteiger partial charge in [0.15, 0.2) is 0 Å². The molecule has 1 N–H and O–H groups in total. The molecule has 22 heavy (non-hydrogen) atoms. The van der Waals surface area contributed by atoms with Gasteiger partial charge in [-0.15, -0.1) is 0 Å². The quantitative estimate of drug-likeness (QED) is 0.855. The molecule has 1 aliphatic heterocycles. The molecule has 1 fully saturated rings. The Morgan fingerprint density at radius 3 is 2.59 bits per heavy atom. The molecule has 0 bridgehead atoms. The number of rotatable bonds is 6. The first kappa shape index (κ1) is 17.7. The maximum atomic E-state index is 12.4. The molecule has 2 rings (SSSR count). The molecule has 1 saturated heterocycles. The number of nitrogens with zero attached hydrogens (tertiary/aromatic N) is 1. The van der Waals surface area contributed by atoms with Gasteiger partial charge in [-0.3, -0.25) is 4.90 Å². The van der Waals surface area contributed by atoms with E-state index in [-0.39, 0.29) is 10.9 Å². The van der Waals surface area contributed by atoms with Crippen molar-refractivity contribution in [3.8, 4) is 0 Å². The summed E-state index contributed by atoms with van der Waals surface area (Å²) in [4.78, 5) is 2.48. The minimum atomic E-state index is -3.54. The maximum absolute atomic E-state index is 12.4. The van der Waals surface area contributed by atoms with E-state index in [9.17, 15) is 8.42 Å². The Kier molecular flexibility index (Phi) is 6.23. The zero-order valence-electron chi connectivity index (χ0n) is 13.0. The number of morpholine rings is 1. The monoisotopic (exact) mass is 346 g/mol. The van der Waals surface area contributed by atoms with Crippen LogP contribution in [0.5, 0.6) is 0 Å². The predicted octanol–water partition coefficient (Wildman–Crippen LogP) is 1.98. The second-order valence-corrected chi connectivity index (χ2v) is 7.97. The number of ether oxygens (including phenoxy) is 1. The van der Waals surface area contributed by atoms with Gasteiger partial charge in [0.05, 0.1) is 18.1 Å². The number of halogens is 1. The van der Waals surface area contributed by atoms with Gasteiger partial charge in [-0.1, -0.05) is 31.5 Å². The van der Waals surface area contributed by atoms with Crippen LogP contribution in [0.15, 0.2) is 29.2 Å². The Morgan fingerprint density at radius 1 is 1.32 bits per heavy atom. The van der Waals surface area contributed by atoms with Gasteiger partial charge in [-0.2, -0.15) is 0 Å². The highest BCUT2D eigenvalue weighted by Crippen LogP contribution is 2.17. The minimum Gasteiger partial charge on any atom is -0.379 e. The van der Waals surface area contributed by atoms with Gasteiger partial charge in [0.1, 0.15) is 0 Å². The van der Waals surface area contributed by atoms with Crippen molar-refractivity contribution < 1.29 is 13.2 Å². The van der Waals surface area contributed by atoms with Crippen LogP contribution in [0.3, 0.4) is 0 Å². The average Bonchev–Trinajstić information content (AvgIpc) is 2.48. The summed E-state index contributed by atoms with van der Waals surface area (Å²) >= 11 is 5.87. The van der Waals surface area contributed by atoms with Crippen LogP contribution in [0.25, 0.3) is 0 Å². The molecule has 7 heteroatoms. The zero-order valence-corrected chi connectivity index (χ0v) is 14.5. The van der Waals surface area contributed by atoms with Gasteiger partial charge >= 0.3 is 0 Å². The van der Waals surface area contributed by atoms with Gasteiger partial charge < -0.3 is 4.74 Å². The van der Waals surface area contributed by atoms with Gasteiger partial charge in [0.25, 0.3) is 0 Å². The summed E-state index contributed by atoms with van der Waals surface area (Å²) in [6.45, 7) is 7.66. The van der Waals surface area contributed by atoms with Crippen molar-refractivity contribution in [3.05, 3.63) is 29.3 Å². The smallest absolute Gasteiger partial charge is 0.240 e. The summed E-state index contributed by atoms with van der Waals surface area (Å²) in [7, 11) is -3.54. The van der Waals surface area contributed by atoms with Crippen LogP contribution >= 0.6 is 11.6 Å². The summed E-state index contributed by atoms with van der Waals surface area (Å²) in [6, 6.07) is 6.46. The predicted molar refractivity (Wildman–Crippen MR) is 87.7 cm³/mol. The number of sulfonamides is 1. The van der Waals surface area contributed by atoms with E-state index in [0.717, 1.165) is 13.1 Å². The van der Waals surface area contributed by atoms with E-state index in [0.29, 0.717) is 30.7 Å². The highest BCUT2D eigenvalue weighted by atomic mass is 35.5. The lowest BCUT2D eigenvalue weighted by molar-refractivity contribution is 0.00776. The first-order chi connectivity index (χ1) is 10.4. The van der Waals surface area contributed by atoms with Gasteiger partial charge in [-0.05, 0) is 24.1 Å².